The molecule has 1 aliphatic rings. The Bertz CT molecular complexity index is 854. The minimum absolute atomic E-state index is 0. The standard InChI is InChI=1S/C22H36N6O2S.HI/c1-6-23-19(24-14-18-16-28-12-13-31-20(28)25-18)27-10-8-17(9-11-27)15-26(7-2)21(29)30-22(3,4)5;/h12-13,16-17H,6-11,14-15H2,1-5H3,(H,23,24);1H. The van der Waals surface area contributed by atoms with E-state index in [1.54, 1.807) is 11.3 Å². The number of carbonyl (C=O) groups is 1. The van der Waals surface area contributed by atoms with E-state index in [-0.39, 0.29) is 30.1 Å². The molecule has 2 aromatic heterocycles. The van der Waals surface area contributed by atoms with Crippen molar-refractivity contribution in [2.45, 2.75) is 59.6 Å². The van der Waals surface area contributed by atoms with E-state index in [0.717, 1.165) is 55.6 Å². The van der Waals surface area contributed by atoms with Crippen molar-refractivity contribution in [2.24, 2.45) is 10.9 Å². The van der Waals surface area contributed by atoms with Crippen molar-refractivity contribution in [3.63, 3.8) is 0 Å². The van der Waals surface area contributed by atoms with Crippen LogP contribution in [0.2, 0.25) is 0 Å². The van der Waals surface area contributed by atoms with Crippen molar-refractivity contribution in [1.29, 1.82) is 0 Å². The third-order valence-electron chi connectivity index (χ3n) is 5.29. The maximum atomic E-state index is 12.4. The third kappa shape index (κ3) is 7.50. The highest BCUT2D eigenvalue weighted by molar-refractivity contribution is 14.0. The minimum Gasteiger partial charge on any atom is -0.444 e. The molecule has 10 heteroatoms. The summed E-state index contributed by atoms with van der Waals surface area (Å²) < 4.78 is 7.59. The summed E-state index contributed by atoms with van der Waals surface area (Å²) in [7, 11) is 0. The third-order valence-corrected chi connectivity index (χ3v) is 6.07. The van der Waals surface area contributed by atoms with Crippen LogP contribution in [-0.4, -0.2) is 69.6 Å². The van der Waals surface area contributed by atoms with Gasteiger partial charge in [0.2, 0.25) is 0 Å². The number of amides is 1. The van der Waals surface area contributed by atoms with Crippen LogP contribution in [0.5, 0.6) is 0 Å². The van der Waals surface area contributed by atoms with Gasteiger partial charge in [0, 0.05) is 50.5 Å². The molecule has 3 heterocycles. The van der Waals surface area contributed by atoms with E-state index in [4.69, 9.17) is 9.73 Å². The molecule has 0 aromatic carbocycles. The lowest BCUT2D eigenvalue weighted by Gasteiger charge is -2.36. The Morgan fingerprint density at radius 3 is 2.66 bits per heavy atom. The molecule has 0 atom stereocenters. The number of carbonyl (C=O) groups excluding carboxylic acids is 1. The molecule has 1 saturated heterocycles. The molecule has 2 aromatic rings. The number of imidazole rings is 1. The number of ether oxygens (including phenoxy) is 1. The lowest BCUT2D eigenvalue weighted by atomic mass is 9.96. The molecule has 8 nitrogen and oxygen atoms in total. The average molecular weight is 577 g/mol. The lowest BCUT2D eigenvalue weighted by Crippen LogP contribution is -2.47. The van der Waals surface area contributed by atoms with E-state index < -0.39 is 5.60 Å². The second kappa shape index (κ2) is 12.1. The Balaban J connectivity index is 0.00000363. The number of likely N-dealkylation sites (tertiary alicyclic amines) is 1. The first-order valence-corrected chi connectivity index (χ1v) is 12.1. The number of guanidine groups is 1. The summed E-state index contributed by atoms with van der Waals surface area (Å²) in [6.07, 6.45) is 5.91. The van der Waals surface area contributed by atoms with E-state index in [1.165, 1.54) is 0 Å². The van der Waals surface area contributed by atoms with E-state index >= 15 is 0 Å². The van der Waals surface area contributed by atoms with Gasteiger partial charge in [-0.15, -0.1) is 35.3 Å². The molecule has 0 radical (unpaired) electrons. The monoisotopic (exact) mass is 576 g/mol. The molecule has 0 saturated carbocycles. The van der Waals surface area contributed by atoms with Crippen LogP contribution in [0.1, 0.15) is 53.2 Å². The largest absolute Gasteiger partial charge is 0.444 e. The second-order valence-corrected chi connectivity index (χ2v) is 9.82. The molecule has 0 aliphatic carbocycles. The van der Waals surface area contributed by atoms with Crippen molar-refractivity contribution in [3.05, 3.63) is 23.5 Å². The Morgan fingerprint density at radius 2 is 2.06 bits per heavy atom. The van der Waals surface area contributed by atoms with Gasteiger partial charge in [-0.3, -0.25) is 4.40 Å². The van der Waals surface area contributed by atoms with Gasteiger partial charge in [0.15, 0.2) is 10.9 Å². The molecule has 3 rings (SSSR count). The van der Waals surface area contributed by atoms with Crippen molar-refractivity contribution in [3.8, 4) is 0 Å². The first kappa shape index (κ1) is 26.7. The number of piperidine rings is 1. The van der Waals surface area contributed by atoms with Crippen LogP contribution in [0.4, 0.5) is 4.79 Å². The molecule has 32 heavy (non-hydrogen) atoms. The fourth-order valence-electron chi connectivity index (χ4n) is 3.73. The van der Waals surface area contributed by atoms with E-state index in [9.17, 15) is 4.79 Å². The van der Waals surface area contributed by atoms with Crippen molar-refractivity contribution < 1.29 is 9.53 Å². The lowest BCUT2D eigenvalue weighted by molar-refractivity contribution is 0.0214. The molecule has 1 fully saturated rings. The first-order valence-electron chi connectivity index (χ1n) is 11.2. The van der Waals surface area contributed by atoms with Gasteiger partial charge in [-0.25, -0.2) is 14.8 Å². The zero-order chi connectivity index (χ0) is 22.4. The van der Waals surface area contributed by atoms with Crippen LogP contribution in [0.3, 0.4) is 0 Å². The van der Waals surface area contributed by atoms with Crippen LogP contribution in [0.25, 0.3) is 4.96 Å². The molecule has 1 aliphatic heterocycles. The van der Waals surface area contributed by atoms with Gasteiger partial charge in [0.25, 0.3) is 0 Å². The number of halogens is 1. The zero-order valence-electron chi connectivity index (χ0n) is 19.8. The maximum Gasteiger partial charge on any atom is 0.410 e. The number of hydrogen-bond donors (Lipinski definition) is 1. The molecule has 1 N–H and O–H groups in total. The number of nitrogens with one attached hydrogen (secondary N) is 1. The molecule has 1 amide bonds. The van der Waals surface area contributed by atoms with E-state index in [1.807, 2.05) is 54.8 Å². The number of thiazole rings is 1. The fraction of sp³-hybridized carbons (Fsp3) is 0.682. The SMILES string of the molecule is CCNC(=NCc1cn2ccsc2n1)N1CCC(CN(CC)C(=O)OC(C)(C)C)CC1.I. The smallest absolute Gasteiger partial charge is 0.410 e. The number of hydrogen-bond acceptors (Lipinski definition) is 5. The maximum absolute atomic E-state index is 12.4. The van der Waals surface area contributed by atoms with Gasteiger partial charge in [-0.05, 0) is 53.4 Å². The molecule has 180 valence electrons. The second-order valence-electron chi connectivity index (χ2n) is 8.94. The molecular weight excluding hydrogens is 539 g/mol. The summed E-state index contributed by atoms with van der Waals surface area (Å²) in [5, 5.41) is 5.45. The summed E-state index contributed by atoms with van der Waals surface area (Å²) in [6.45, 7) is 14.5. The normalized spacial score (nSPS) is 15.5. The van der Waals surface area contributed by atoms with Crippen LogP contribution in [-0.2, 0) is 11.3 Å². The number of nitrogens with zero attached hydrogens (tertiary/aromatic N) is 5. The van der Waals surface area contributed by atoms with Gasteiger partial charge < -0.3 is 19.9 Å². The first-order chi connectivity index (χ1) is 14.8. The van der Waals surface area contributed by atoms with E-state index in [0.29, 0.717) is 19.0 Å². The molecular formula is C22H37IN6O2S. The van der Waals surface area contributed by atoms with Crippen LogP contribution in [0.15, 0.2) is 22.8 Å². The van der Waals surface area contributed by atoms with Crippen molar-refractivity contribution in [1.82, 2.24) is 24.5 Å². The Morgan fingerprint density at radius 1 is 1.34 bits per heavy atom. The van der Waals surface area contributed by atoms with Crippen molar-refractivity contribution in [2.75, 3.05) is 32.7 Å². The van der Waals surface area contributed by atoms with Crippen LogP contribution in [0, 0.1) is 5.92 Å². The minimum atomic E-state index is -0.463. The van der Waals surface area contributed by atoms with Crippen LogP contribution >= 0.6 is 35.3 Å². The number of aliphatic imine (C=N–C) groups is 1. The summed E-state index contributed by atoms with van der Waals surface area (Å²) >= 11 is 1.63. The summed E-state index contributed by atoms with van der Waals surface area (Å²) in [5.41, 5.74) is 0.517. The highest BCUT2D eigenvalue weighted by Gasteiger charge is 2.27. The van der Waals surface area contributed by atoms with Crippen molar-refractivity contribution >= 4 is 52.3 Å². The molecule has 0 bridgehead atoms. The highest BCUT2D eigenvalue weighted by Crippen LogP contribution is 2.20. The quantitative estimate of drug-likeness (QED) is 0.313. The van der Waals surface area contributed by atoms with Gasteiger partial charge in [0.1, 0.15) is 5.60 Å². The Hall–Kier alpha value is -1.56. The zero-order valence-corrected chi connectivity index (χ0v) is 23.0. The number of fused-ring (bicyclic) bond motifs is 1. The predicted octanol–water partition coefficient (Wildman–Crippen LogP) is 4.45. The summed E-state index contributed by atoms with van der Waals surface area (Å²) in [5.74, 6) is 1.42. The highest BCUT2D eigenvalue weighted by atomic mass is 127. The predicted molar refractivity (Wildman–Crippen MR) is 141 cm³/mol. The Kier molecular flexibility index (Phi) is 10.1. The van der Waals surface area contributed by atoms with Gasteiger partial charge in [0.05, 0.1) is 12.2 Å². The summed E-state index contributed by atoms with van der Waals surface area (Å²) in [6, 6.07) is 0. The average Bonchev–Trinajstić information content (AvgIpc) is 3.30. The summed E-state index contributed by atoms with van der Waals surface area (Å²) in [4.78, 5) is 27.0. The Labute approximate surface area is 212 Å². The van der Waals surface area contributed by atoms with Gasteiger partial charge in [-0.2, -0.15) is 0 Å². The molecule has 0 unspecified atom stereocenters. The topological polar surface area (TPSA) is 74.5 Å². The fourth-order valence-corrected chi connectivity index (χ4v) is 4.45. The number of rotatable bonds is 6. The van der Waals surface area contributed by atoms with Crippen LogP contribution < -0.4 is 5.32 Å². The van der Waals surface area contributed by atoms with Gasteiger partial charge in [-0.1, -0.05) is 0 Å². The van der Waals surface area contributed by atoms with E-state index in [2.05, 4.69) is 22.1 Å². The van der Waals surface area contributed by atoms with Gasteiger partial charge >= 0.3 is 6.09 Å². The number of aromatic nitrogens is 2. The molecule has 0 spiro atoms.